The Morgan fingerprint density at radius 2 is 1.91 bits per heavy atom. The number of hydrogen-bond donors (Lipinski definition) is 2. The first-order valence-electron chi connectivity index (χ1n) is 2.59. The first-order valence-corrected chi connectivity index (χ1v) is 4.54. The van der Waals surface area contributed by atoms with E-state index in [1.807, 2.05) is 12.2 Å². The summed E-state index contributed by atoms with van der Waals surface area (Å²) in [4.78, 5) is 0. The van der Waals surface area contributed by atoms with Crippen molar-refractivity contribution in [3.05, 3.63) is 22.7 Å². The van der Waals surface area contributed by atoms with Crippen LogP contribution in [0.5, 0.6) is 0 Å². The standard InChI is InChI=1S/C5H5.Fe.H2O4S/c1-2-4-5-3-1;;1-5(2,3)4/h1-3H,4H2;;(H2,1,2,3,4). The van der Waals surface area contributed by atoms with E-state index in [-0.39, 0.29) is 0 Å². The normalized spacial score (nSPS) is 15.4. The SMILES string of the molecule is O=S(=O)(O)O.[Fe][C]1=CC=CC1. The van der Waals surface area contributed by atoms with Crippen molar-refractivity contribution in [1.29, 1.82) is 0 Å². The molecule has 0 atom stereocenters. The van der Waals surface area contributed by atoms with E-state index in [0.29, 0.717) is 0 Å². The minimum atomic E-state index is -4.67. The fraction of sp³-hybridized carbons (Fsp3) is 0.200. The van der Waals surface area contributed by atoms with Crippen LogP contribution in [0.4, 0.5) is 0 Å². The Bertz CT molecular complexity index is 256. The molecular formula is C5H7FeO4S. The topological polar surface area (TPSA) is 74.6 Å². The summed E-state index contributed by atoms with van der Waals surface area (Å²) in [6.07, 6.45) is 7.21. The molecule has 6 heteroatoms. The Kier molecular flexibility index (Phi) is 4.63. The van der Waals surface area contributed by atoms with Crippen molar-refractivity contribution in [3.63, 3.8) is 0 Å². The molecule has 0 aromatic rings. The second-order valence-electron chi connectivity index (χ2n) is 1.68. The molecule has 0 aromatic heterocycles. The van der Waals surface area contributed by atoms with Gasteiger partial charge in [-0.2, -0.15) is 8.42 Å². The van der Waals surface area contributed by atoms with Crippen LogP contribution in [0.15, 0.2) is 22.7 Å². The van der Waals surface area contributed by atoms with Crippen LogP contribution in [-0.2, 0) is 26.4 Å². The molecular weight excluding hydrogens is 212 g/mol. The molecule has 4 nitrogen and oxygen atoms in total. The van der Waals surface area contributed by atoms with Gasteiger partial charge in [0.05, 0.1) is 0 Å². The van der Waals surface area contributed by atoms with Gasteiger partial charge in [0.25, 0.3) is 0 Å². The Hall–Kier alpha value is -0.131. The van der Waals surface area contributed by atoms with Crippen LogP contribution in [0.1, 0.15) is 6.42 Å². The van der Waals surface area contributed by atoms with Crippen molar-refractivity contribution in [1.82, 2.24) is 0 Å². The van der Waals surface area contributed by atoms with Crippen LogP contribution >= 0.6 is 0 Å². The van der Waals surface area contributed by atoms with Crippen molar-refractivity contribution in [3.8, 4) is 0 Å². The van der Waals surface area contributed by atoms with E-state index in [1.165, 1.54) is 4.47 Å². The van der Waals surface area contributed by atoms with Gasteiger partial charge >= 0.3 is 55.5 Å². The number of rotatable bonds is 0. The summed E-state index contributed by atoms with van der Waals surface area (Å²) in [6.45, 7) is 0. The van der Waals surface area contributed by atoms with E-state index in [0.717, 1.165) is 6.42 Å². The quantitative estimate of drug-likeness (QED) is 0.465. The van der Waals surface area contributed by atoms with E-state index in [1.54, 1.807) is 0 Å². The van der Waals surface area contributed by atoms with E-state index in [4.69, 9.17) is 17.5 Å². The van der Waals surface area contributed by atoms with Gasteiger partial charge in [-0.25, -0.2) is 0 Å². The molecule has 0 fully saturated rings. The predicted molar refractivity (Wildman–Crippen MR) is 36.0 cm³/mol. The average Bonchev–Trinajstić information content (AvgIpc) is 2.12. The Labute approximate surface area is 73.4 Å². The zero-order chi connectivity index (χ0) is 8.91. The van der Waals surface area contributed by atoms with E-state index < -0.39 is 10.4 Å². The minimum absolute atomic E-state index is 1.06. The monoisotopic (exact) mass is 219 g/mol. The molecule has 65 valence electrons. The first-order chi connectivity index (χ1) is 4.89. The Morgan fingerprint density at radius 3 is 2.00 bits per heavy atom. The summed E-state index contributed by atoms with van der Waals surface area (Å²) in [5, 5.41) is 0. The maximum atomic E-state index is 8.74. The van der Waals surface area contributed by atoms with Crippen LogP contribution in [0.25, 0.3) is 0 Å². The zero-order valence-corrected chi connectivity index (χ0v) is 7.33. The second kappa shape index (κ2) is 4.69. The molecule has 1 aliphatic rings. The molecule has 0 bridgehead atoms. The van der Waals surface area contributed by atoms with Gasteiger partial charge in [-0.05, 0) is 0 Å². The fourth-order valence-electron chi connectivity index (χ4n) is 0.416. The summed E-state index contributed by atoms with van der Waals surface area (Å²) in [6, 6.07) is 0. The molecule has 2 N–H and O–H groups in total. The van der Waals surface area contributed by atoms with Gasteiger partial charge < -0.3 is 0 Å². The molecule has 0 aromatic carbocycles. The predicted octanol–water partition coefficient (Wildman–Crippen LogP) is 0.724. The molecule has 0 unspecified atom stereocenters. The molecule has 0 spiro atoms. The third-order valence-corrected chi connectivity index (χ3v) is 1.13. The molecule has 1 rings (SSSR count). The molecule has 0 aliphatic heterocycles. The molecule has 1 aliphatic carbocycles. The van der Waals surface area contributed by atoms with Gasteiger partial charge in [0.1, 0.15) is 0 Å². The third kappa shape index (κ3) is 13.0. The van der Waals surface area contributed by atoms with E-state index >= 15 is 0 Å². The molecule has 0 heterocycles. The number of allylic oxidation sites excluding steroid dienone is 4. The van der Waals surface area contributed by atoms with Crippen molar-refractivity contribution in [2.24, 2.45) is 0 Å². The average molecular weight is 219 g/mol. The van der Waals surface area contributed by atoms with Crippen molar-refractivity contribution in [2.75, 3.05) is 0 Å². The molecule has 11 heavy (non-hydrogen) atoms. The second-order valence-corrected chi connectivity index (χ2v) is 3.28. The summed E-state index contributed by atoms with van der Waals surface area (Å²) in [5.74, 6) is 0. The summed E-state index contributed by atoms with van der Waals surface area (Å²) < 4.78 is 32.8. The van der Waals surface area contributed by atoms with Crippen LogP contribution in [0.2, 0.25) is 0 Å². The van der Waals surface area contributed by atoms with Crippen LogP contribution in [0, 0.1) is 0 Å². The molecule has 0 radical (unpaired) electrons. The Balaban J connectivity index is 0.000000187. The summed E-state index contributed by atoms with van der Waals surface area (Å²) >= 11 is 3.74. The van der Waals surface area contributed by atoms with Gasteiger partial charge in [0.2, 0.25) is 0 Å². The van der Waals surface area contributed by atoms with Crippen LogP contribution < -0.4 is 0 Å². The van der Waals surface area contributed by atoms with Crippen molar-refractivity contribution < 1.29 is 33.5 Å². The van der Waals surface area contributed by atoms with Crippen molar-refractivity contribution >= 4 is 10.4 Å². The van der Waals surface area contributed by atoms with E-state index in [9.17, 15) is 0 Å². The molecule has 0 saturated carbocycles. The van der Waals surface area contributed by atoms with E-state index in [2.05, 4.69) is 22.1 Å². The van der Waals surface area contributed by atoms with Gasteiger partial charge in [-0.1, -0.05) is 0 Å². The van der Waals surface area contributed by atoms with Gasteiger partial charge in [-0.3, -0.25) is 9.11 Å². The summed E-state index contributed by atoms with van der Waals surface area (Å²) in [7, 11) is -4.67. The fourth-order valence-corrected chi connectivity index (χ4v) is 0.652. The first kappa shape index (κ1) is 10.9. The molecule has 0 amide bonds. The molecule has 0 saturated heterocycles. The van der Waals surface area contributed by atoms with Crippen LogP contribution in [0.3, 0.4) is 0 Å². The maximum absolute atomic E-state index is 8.74. The summed E-state index contributed by atoms with van der Waals surface area (Å²) in [5.41, 5.74) is 0. The third-order valence-electron chi connectivity index (χ3n) is 0.717. The van der Waals surface area contributed by atoms with Crippen molar-refractivity contribution in [2.45, 2.75) is 6.42 Å². The van der Waals surface area contributed by atoms with Crippen LogP contribution in [-0.4, -0.2) is 17.5 Å². The Morgan fingerprint density at radius 1 is 1.45 bits per heavy atom. The zero-order valence-electron chi connectivity index (χ0n) is 5.41. The van der Waals surface area contributed by atoms with Gasteiger partial charge in [0, 0.05) is 0 Å². The van der Waals surface area contributed by atoms with Gasteiger partial charge in [-0.15, -0.1) is 0 Å². The van der Waals surface area contributed by atoms with Gasteiger partial charge in [0.15, 0.2) is 0 Å². The number of hydrogen-bond acceptors (Lipinski definition) is 2.